The minimum absolute atomic E-state index is 0.162. The molecule has 2 rings (SSSR count). The molecule has 0 aliphatic carbocycles. The van der Waals surface area contributed by atoms with Gasteiger partial charge < -0.3 is 5.32 Å². The van der Waals surface area contributed by atoms with Crippen LogP contribution in [0.25, 0.3) is 10.2 Å². The van der Waals surface area contributed by atoms with Gasteiger partial charge in [-0.2, -0.15) is 0 Å². The Morgan fingerprint density at radius 1 is 1.53 bits per heavy atom. The lowest BCUT2D eigenvalue weighted by atomic mass is 10.1. The molecule has 1 aromatic heterocycles. The van der Waals surface area contributed by atoms with Crippen LogP contribution in [0.15, 0.2) is 12.1 Å². The summed E-state index contributed by atoms with van der Waals surface area (Å²) in [5.41, 5.74) is 0.499. The second-order valence-electron chi connectivity index (χ2n) is 4.39. The number of nitrogens with zero attached hydrogens (tertiary/aromatic N) is 1. The molecule has 102 valence electrons. The monoisotopic (exact) mass is 364 g/mol. The van der Waals surface area contributed by atoms with E-state index in [1.54, 1.807) is 0 Å². The molecule has 0 aliphatic rings. The minimum atomic E-state index is -0.417. The Morgan fingerprint density at radius 3 is 2.84 bits per heavy atom. The van der Waals surface area contributed by atoms with Crippen LogP contribution in [-0.4, -0.2) is 15.7 Å². The summed E-state index contributed by atoms with van der Waals surface area (Å²) in [6.45, 7) is 3.87. The lowest BCUT2D eigenvalue weighted by molar-refractivity contribution is -0.116. The van der Waals surface area contributed by atoms with Crippen molar-refractivity contribution >= 4 is 60.1 Å². The zero-order chi connectivity index (χ0) is 14.2. The van der Waals surface area contributed by atoms with Crippen LogP contribution in [0.3, 0.4) is 0 Å². The van der Waals surface area contributed by atoms with Gasteiger partial charge in [0.05, 0.1) is 14.5 Å². The van der Waals surface area contributed by atoms with Crippen LogP contribution >= 0.6 is 38.9 Å². The van der Waals surface area contributed by atoms with Gasteiger partial charge in [-0.05, 0) is 18.1 Å². The quantitative estimate of drug-likeness (QED) is 0.817. The molecule has 1 aromatic carbocycles. The van der Waals surface area contributed by atoms with E-state index in [2.05, 4.69) is 26.2 Å². The number of halogens is 3. The molecule has 1 amide bonds. The van der Waals surface area contributed by atoms with Gasteiger partial charge in [0, 0.05) is 0 Å². The summed E-state index contributed by atoms with van der Waals surface area (Å²) in [5.74, 6) is -0.430. The Hall–Kier alpha value is -0.720. The van der Waals surface area contributed by atoms with Crippen LogP contribution in [0.4, 0.5) is 9.52 Å². The standard InChI is InChI=1S/C12H11BrClFN2OS/c1-5(2)9(13)11(18)17-12-16-10-7(14)3-6(15)4-8(10)19-12/h3-5,9H,1-2H3,(H,16,17,18). The van der Waals surface area contributed by atoms with Crippen molar-refractivity contribution in [2.75, 3.05) is 5.32 Å². The molecule has 7 heteroatoms. The Morgan fingerprint density at radius 2 is 2.21 bits per heavy atom. The van der Waals surface area contributed by atoms with Crippen molar-refractivity contribution in [2.24, 2.45) is 5.92 Å². The normalized spacial score (nSPS) is 12.9. The number of thiazole rings is 1. The van der Waals surface area contributed by atoms with Gasteiger partial charge in [0.1, 0.15) is 11.3 Å². The van der Waals surface area contributed by atoms with Crippen LogP contribution in [0.1, 0.15) is 13.8 Å². The predicted octanol–water partition coefficient (Wildman–Crippen LogP) is 4.45. The van der Waals surface area contributed by atoms with Crippen molar-refractivity contribution in [2.45, 2.75) is 18.7 Å². The third kappa shape index (κ3) is 3.24. The summed E-state index contributed by atoms with van der Waals surface area (Å²) in [5, 5.41) is 3.36. The lowest BCUT2D eigenvalue weighted by Crippen LogP contribution is -2.26. The molecule has 19 heavy (non-hydrogen) atoms. The van der Waals surface area contributed by atoms with Crippen molar-refractivity contribution in [1.82, 2.24) is 4.98 Å². The van der Waals surface area contributed by atoms with Crippen molar-refractivity contribution in [3.63, 3.8) is 0 Å². The Balaban J connectivity index is 2.27. The highest BCUT2D eigenvalue weighted by atomic mass is 79.9. The summed E-state index contributed by atoms with van der Waals surface area (Å²) >= 11 is 10.4. The van der Waals surface area contributed by atoms with Gasteiger partial charge in [-0.1, -0.05) is 52.7 Å². The zero-order valence-electron chi connectivity index (χ0n) is 10.2. The zero-order valence-corrected chi connectivity index (χ0v) is 13.4. The minimum Gasteiger partial charge on any atom is -0.301 e. The molecule has 3 nitrogen and oxygen atoms in total. The number of rotatable bonds is 3. The number of hydrogen-bond donors (Lipinski definition) is 1. The number of aromatic nitrogens is 1. The molecule has 0 spiro atoms. The summed E-state index contributed by atoms with van der Waals surface area (Å²) in [6, 6.07) is 2.55. The van der Waals surface area contributed by atoms with Gasteiger partial charge in [0.25, 0.3) is 0 Å². The van der Waals surface area contributed by atoms with E-state index in [4.69, 9.17) is 11.6 Å². The first-order valence-corrected chi connectivity index (χ1v) is 7.70. The maximum Gasteiger partial charge on any atom is 0.240 e. The molecule has 0 fully saturated rings. The maximum absolute atomic E-state index is 13.2. The third-order valence-corrected chi connectivity index (χ3v) is 5.16. The Kier molecular flexibility index (Phi) is 4.43. The molecule has 0 radical (unpaired) electrons. The largest absolute Gasteiger partial charge is 0.301 e. The number of carbonyl (C=O) groups is 1. The van der Waals surface area contributed by atoms with Crippen LogP contribution < -0.4 is 5.32 Å². The molecule has 1 unspecified atom stereocenters. The van der Waals surface area contributed by atoms with Crippen LogP contribution in [0.2, 0.25) is 5.02 Å². The average Bonchev–Trinajstić information content (AvgIpc) is 2.70. The first-order valence-electron chi connectivity index (χ1n) is 5.59. The molecule has 1 atom stereocenters. The van der Waals surface area contributed by atoms with Gasteiger partial charge in [-0.25, -0.2) is 9.37 Å². The third-order valence-electron chi connectivity index (χ3n) is 2.48. The number of anilines is 1. The van der Waals surface area contributed by atoms with E-state index in [1.165, 1.54) is 23.5 Å². The fourth-order valence-electron chi connectivity index (χ4n) is 1.49. The summed E-state index contributed by atoms with van der Waals surface area (Å²) < 4.78 is 13.8. The highest BCUT2D eigenvalue weighted by molar-refractivity contribution is 9.10. The molecule has 0 saturated carbocycles. The topological polar surface area (TPSA) is 42.0 Å². The number of carbonyl (C=O) groups excluding carboxylic acids is 1. The van der Waals surface area contributed by atoms with E-state index in [0.29, 0.717) is 15.3 Å². The Labute approximate surface area is 127 Å². The molecular formula is C12H11BrClFN2OS. The molecule has 0 bridgehead atoms. The first-order chi connectivity index (χ1) is 8.88. The van der Waals surface area contributed by atoms with E-state index in [-0.39, 0.29) is 21.7 Å². The van der Waals surface area contributed by atoms with Crippen molar-refractivity contribution in [3.8, 4) is 0 Å². The number of benzene rings is 1. The van der Waals surface area contributed by atoms with Gasteiger partial charge in [0.15, 0.2) is 5.13 Å². The summed E-state index contributed by atoms with van der Waals surface area (Å²) in [6.07, 6.45) is 0. The molecule has 0 aliphatic heterocycles. The Bertz CT molecular complexity index is 631. The second-order valence-corrected chi connectivity index (χ2v) is 6.81. The fraction of sp³-hybridized carbons (Fsp3) is 0.333. The summed E-state index contributed by atoms with van der Waals surface area (Å²) in [4.78, 5) is 15.8. The van der Waals surface area contributed by atoms with Crippen LogP contribution in [0.5, 0.6) is 0 Å². The molecule has 2 aromatic rings. The number of amides is 1. The van der Waals surface area contributed by atoms with E-state index in [1.807, 2.05) is 13.8 Å². The SMILES string of the molecule is CC(C)C(Br)C(=O)Nc1nc2c(Cl)cc(F)cc2s1. The maximum atomic E-state index is 13.2. The first kappa shape index (κ1) is 14.7. The second kappa shape index (κ2) is 5.73. The molecule has 1 N–H and O–H groups in total. The van der Waals surface area contributed by atoms with Gasteiger partial charge >= 0.3 is 0 Å². The van der Waals surface area contributed by atoms with Crippen molar-refractivity contribution in [3.05, 3.63) is 23.0 Å². The van der Waals surface area contributed by atoms with E-state index in [9.17, 15) is 9.18 Å². The molecule has 1 heterocycles. The molecular weight excluding hydrogens is 355 g/mol. The smallest absolute Gasteiger partial charge is 0.240 e. The summed E-state index contributed by atoms with van der Waals surface area (Å²) in [7, 11) is 0. The van der Waals surface area contributed by atoms with Gasteiger partial charge in [0.2, 0.25) is 5.91 Å². The average molecular weight is 366 g/mol. The van der Waals surface area contributed by atoms with Crippen LogP contribution in [0, 0.1) is 11.7 Å². The number of fused-ring (bicyclic) bond motifs is 1. The van der Waals surface area contributed by atoms with Gasteiger partial charge in [-0.15, -0.1) is 0 Å². The highest BCUT2D eigenvalue weighted by Crippen LogP contribution is 2.32. The van der Waals surface area contributed by atoms with Crippen LogP contribution in [-0.2, 0) is 4.79 Å². The highest BCUT2D eigenvalue weighted by Gasteiger charge is 2.20. The lowest BCUT2D eigenvalue weighted by Gasteiger charge is -2.11. The molecule has 0 saturated heterocycles. The van der Waals surface area contributed by atoms with Gasteiger partial charge in [-0.3, -0.25) is 4.79 Å². The van der Waals surface area contributed by atoms with E-state index in [0.717, 1.165) is 0 Å². The van der Waals surface area contributed by atoms with E-state index >= 15 is 0 Å². The fourth-order valence-corrected chi connectivity index (χ4v) is 2.83. The number of alkyl halides is 1. The van der Waals surface area contributed by atoms with Crippen molar-refractivity contribution < 1.29 is 9.18 Å². The predicted molar refractivity (Wildman–Crippen MR) is 80.8 cm³/mol. The van der Waals surface area contributed by atoms with E-state index < -0.39 is 5.82 Å². The number of hydrogen-bond acceptors (Lipinski definition) is 3. The van der Waals surface area contributed by atoms with Crippen molar-refractivity contribution in [1.29, 1.82) is 0 Å². The number of nitrogens with one attached hydrogen (secondary N) is 1.